The molecule has 5 heteroatoms. The molecule has 1 aliphatic carbocycles. The van der Waals surface area contributed by atoms with Crippen molar-refractivity contribution < 1.29 is 9.53 Å². The molecular formula is C16H24N2O2S. The number of ether oxygens (including phenoxy) is 1. The van der Waals surface area contributed by atoms with Gasteiger partial charge in [0.2, 0.25) is 5.91 Å². The van der Waals surface area contributed by atoms with E-state index in [0.29, 0.717) is 12.0 Å². The van der Waals surface area contributed by atoms with Crippen LogP contribution in [-0.4, -0.2) is 41.6 Å². The molecule has 1 aromatic rings. The summed E-state index contributed by atoms with van der Waals surface area (Å²) in [6, 6.07) is 0. The lowest BCUT2D eigenvalue weighted by Gasteiger charge is -2.32. The van der Waals surface area contributed by atoms with Crippen LogP contribution in [0.3, 0.4) is 0 Å². The van der Waals surface area contributed by atoms with Gasteiger partial charge < -0.3 is 9.64 Å². The third-order valence-electron chi connectivity index (χ3n) is 4.50. The standard InChI is InChI=1S/C16H24N2O2S/c1-12-11-21-16(17-12)13-5-4-8-18(9-13)15(19)10-20-14-6-2-3-7-14/h11,13-14H,2-10H2,1H3/t13-/m0/s1. The first-order valence-corrected chi connectivity index (χ1v) is 8.92. The molecule has 0 bridgehead atoms. The third-order valence-corrected chi connectivity index (χ3v) is 5.63. The Morgan fingerprint density at radius 2 is 2.19 bits per heavy atom. The summed E-state index contributed by atoms with van der Waals surface area (Å²) < 4.78 is 5.76. The van der Waals surface area contributed by atoms with E-state index in [9.17, 15) is 4.79 Å². The number of carbonyl (C=O) groups excluding carboxylic acids is 1. The van der Waals surface area contributed by atoms with Crippen molar-refractivity contribution in [3.8, 4) is 0 Å². The Hall–Kier alpha value is -0.940. The van der Waals surface area contributed by atoms with Gasteiger partial charge in [-0.2, -0.15) is 0 Å². The molecule has 0 aromatic carbocycles. The molecule has 1 saturated carbocycles. The third kappa shape index (κ3) is 3.83. The summed E-state index contributed by atoms with van der Waals surface area (Å²) in [5.41, 5.74) is 1.09. The van der Waals surface area contributed by atoms with Gasteiger partial charge in [0.05, 0.1) is 11.1 Å². The summed E-state index contributed by atoms with van der Waals surface area (Å²) >= 11 is 1.72. The first kappa shape index (κ1) is 15.0. The van der Waals surface area contributed by atoms with E-state index >= 15 is 0 Å². The zero-order chi connectivity index (χ0) is 14.7. The fourth-order valence-corrected chi connectivity index (χ4v) is 4.23. The van der Waals surface area contributed by atoms with Crippen molar-refractivity contribution in [3.63, 3.8) is 0 Å². The van der Waals surface area contributed by atoms with E-state index in [4.69, 9.17) is 4.74 Å². The summed E-state index contributed by atoms with van der Waals surface area (Å²) in [5, 5.41) is 3.28. The molecular weight excluding hydrogens is 284 g/mol. The molecule has 2 heterocycles. The molecule has 1 aromatic heterocycles. The minimum atomic E-state index is 0.153. The first-order chi connectivity index (χ1) is 10.2. The summed E-state index contributed by atoms with van der Waals surface area (Å²) in [4.78, 5) is 18.9. The molecule has 3 rings (SSSR count). The maximum atomic E-state index is 12.3. The Morgan fingerprint density at radius 3 is 2.90 bits per heavy atom. The predicted octanol–water partition coefficient (Wildman–Crippen LogP) is 3.12. The van der Waals surface area contributed by atoms with Gasteiger partial charge in [-0.1, -0.05) is 12.8 Å². The van der Waals surface area contributed by atoms with Crippen molar-refractivity contribution in [1.29, 1.82) is 0 Å². The number of thiazole rings is 1. The fourth-order valence-electron chi connectivity index (χ4n) is 3.30. The summed E-state index contributed by atoms with van der Waals surface area (Å²) in [6.45, 7) is 3.96. The number of hydrogen-bond acceptors (Lipinski definition) is 4. The maximum Gasteiger partial charge on any atom is 0.248 e. The maximum absolute atomic E-state index is 12.3. The summed E-state index contributed by atoms with van der Waals surface area (Å²) in [7, 11) is 0. The number of hydrogen-bond donors (Lipinski definition) is 0. The molecule has 1 amide bonds. The molecule has 2 aliphatic rings. The number of amides is 1. The monoisotopic (exact) mass is 308 g/mol. The smallest absolute Gasteiger partial charge is 0.248 e. The highest BCUT2D eigenvalue weighted by Crippen LogP contribution is 2.29. The Morgan fingerprint density at radius 1 is 1.38 bits per heavy atom. The van der Waals surface area contributed by atoms with Gasteiger partial charge in [-0.05, 0) is 32.6 Å². The van der Waals surface area contributed by atoms with Crippen LogP contribution in [0.4, 0.5) is 0 Å². The zero-order valence-corrected chi connectivity index (χ0v) is 13.5. The average Bonchev–Trinajstić information content (AvgIpc) is 3.16. The number of nitrogens with zero attached hydrogens (tertiary/aromatic N) is 2. The number of carbonyl (C=O) groups is 1. The molecule has 0 unspecified atom stereocenters. The van der Waals surface area contributed by atoms with E-state index in [2.05, 4.69) is 10.4 Å². The highest BCUT2D eigenvalue weighted by atomic mass is 32.1. The highest BCUT2D eigenvalue weighted by molar-refractivity contribution is 7.09. The van der Waals surface area contributed by atoms with Crippen LogP contribution in [0.5, 0.6) is 0 Å². The number of rotatable bonds is 4. The predicted molar refractivity (Wildman–Crippen MR) is 83.6 cm³/mol. The second-order valence-electron chi connectivity index (χ2n) is 6.22. The number of piperidine rings is 1. The largest absolute Gasteiger partial charge is 0.368 e. The van der Waals surface area contributed by atoms with Gasteiger partial charge in [-0.15, -0.1) is 11.3 Å². The van der Waals surface area contributed by atoms with Crippen molar-refractivity contribution in [2.24, 2.45) is 0 Å². The zero-order valence-electron chi connectivity index (χ0n) is 12.7. The Balaban J connectivity index is 1.51. The van der Waals surface area contributed by atoms with E-state index in [0.717, 1.165) is 44.5 Å². The van der Waals surface area contributed by atoms with Crippen LogP contribution in [0.15, 0.2) is 5.38 Å². The van der Waals surface area contributed by atoms with Crippen LogP contribution in [0.1, 0.15) is 55.1 Å². The number of likely N-dealkylation sites (tertiary alicyclic amines) is 1. The van der Waals surface area contributed by atoms with Crippen LogP contribution < -0.4 is 0 Å². The average molecular weight is 308 g/mol. The number of aromatic nitrogens is 1. The SMILES string of the molecule is Cc1csc([C@H]2CCCN(C(=O)COC3CCCC3)C2)n1. The van der Waals surface area contributed by atoms with Crippen molar-refractivity contribution in [1.82, 2.24) is 9.88 Å². The topological polar surface area (TPSA) is 42.4 Å². The van der Waals surface area contributed by atoms with Gasteiger partial charge in [0.1, 0.15) is 6.61 Å². The van der Waals surface area contributed by atoms with Crippen LogP contribution >= 0.6 is 11.3 Å². The first-order valence-electron chi connectivity index (χ1n) is 8.04. The van der Waals surface area contributed by atoms with Crippen LogP contribution in [0, 0.1) is 6.92 Å². The van der Waals surface area contributed by atoms with Crippen LogP contribution in [0.25, 0.3) is 0 Å². The highest BCUT2D eigenvalue weighted by Gasteiger charge is 2.27. The molecule has 1 atom stereocenters. The molecule has 116 valence electrons. The van der Waals surface area contributed by atoms with E-state index < -0.39 is 0 Å². The molecule has 1 saturated heterocycles. The van der Waals surface area contributed by atoms with Gasteiger partial charge in [0.25, 0.3) is 0 Å². The lowest BCUT2D eigenvalue weighted by atomic mass is 9.99. The Bertz CT molecular complexity index is 482. The van der Waals surface area contributed by atoms with Crippen molar-refractivity contribution in [2.45, 2.75) is 57.5 Å². The molecule has 4 nitrogen and oxygen atoms in total. The minimum Gasteiger partial charge on any atom is -0.368 e. The van der Waals surface area contributed by atoms with E-state index in [1.165, 1.54) is 17.8 Å². The van der Waals surface area contributed by atoms with E-state index in [1.807, 2.05) is 11.8 Å². The lowest BCUT2D eigenvalue weighted by molar-refractivity contribution is -0.139. The van der Waals surface area contributed by atoms with Crippen molar-refractivity contribution in [3.05, 3.63) is 16.1 Å². The molecule has 2 fully saturated rings. The Labute approximate surface area is 130 Å². The summed E-state index contributed by atoms with van der Waals surface area (Å²) in [5.74, 6) is 0.563. The van der Waals surface area contributed by atoms with Gasteiger partial charge in [-0.25, -0.2) is 4.98 Å². The quantitative estimate of drug-likeness (QED) is 0.858. The van der Waals surface area contributed by atoms with Crippen LogP contribution in [0.2, 0.25) is 0 Å². The summed E-state index contributed by atoms with van der Waals surface area (Å²) in [6.07, 6.45) is 7.25. The van der Waals surface area contributed by atoms with E-state index in [-0.39, 0.29) is 12.5 Å². The van der Waals surface area contributed by atoms with Gasteiger partial charge >= 0.3 is 0 Å². The Kier molecular flexibility index (Phi) is 4.91. The molecule has 1 aliphatic heterocycles. The molecule has 0 spiro atoms. The van der Waals surface area contributed by atoms with E-state index in [1.54, 1.807) is 11.3 Å². The molecule has 0 N–H and O–H groups in total. The van der Waals surface area contributed by atoms with Gasteiger partial charge in [0, 0.05) is 30.1 Å². The van der Waals surface area contributed by atoms with Gasteiger partial charge in [0.15, 0.2) is 0 Å². The minimum absolute atomic E-state index is 0.153. The van der Waals surface area contributed by atoms with Crippen molar-refractivity contribution >= 4 is 17.2 Å². The second-order valence-corrected chi connectivity index (χ2v) is 7.11. The normalized spacial score (nSPS) is 23.7. The number of aryl methyl sites for hydroxylation is 1. The van der Waals surface area contributed by atoms with Crippen molar-refractivity contribution in [2.75, 3.05) is 19.7 Å². The van der Waals surface area contributed by atoms with Crippen LogP contribution in [-0.2, 0) is 9.53 Å². The van der Waals surface area contributed by atoms with Gasteiger partial charge in [-0.3, -0.25) is 4.79 Å². The second kappa shape index (κ2) is 6.88. The molecule has 0 radical (unpaired) electrons. The fraction of sp³-hybridized carbons (Fsp3) is 0.750. The molecule has 21 heavy (non-hydrogen) atoms. The lowest BCUT2D eigenvalue weighted by Crippen LogP contribution is -2.41.